The van der Waals surface area contributed by atoms with E-state index in [1.165, 1.54) is 4.90 Å². The van der Waals surface area contributed by atoms with Crippen LogP contribution >= 0.6 is 11.6 Å². The van der Waals surface area contributed by atoms with Crippen LogP contribution in [0, 0.1) is 0 Å². The number of primary amides is 1. The summed E-state index contributed by atoms with van der Waals surface area (Å²) in [5, 5.41) is 10.8. The maximum Gasteiger partial charge on any atom is 0.251 e. The molecule has 1 aliphatic rings. The molecule has 1 saturated heterocycles. The first-order valence-electron chi connectivity index (χ1n) is 6.95. The van der Waals surface area contributed by atoms with E-state index in [1.807, 2.05) is 12.1 Å². The van der Waals surface area contributed by atoms with Crippen LogP contribution in [0.15, 0.2) is 24.3 Å². The molecule has 1 aromatic rings. The van der Waals surface area contributed by atoms with Gasteiger partial charge < -0.3 is 15.7 Å². The summed E-state index contributed by atoms with van der Waals surface area (Å²) in [4.78, 5) is 25.0. The lowest BCUT2D eigenvalue weighted by Gasteiger charge is -2.37. The number of nitrogens with zero attached hydrogens (tertiary/aromatic N) is 1. The van der Waals surface area contributed by atoms with Crippen LogP contribution in [0.2, 0.25) is 5.02 Å². The topological polar surface area (TPSA) is 83.6 Å². The standard InChI is InChI=1S/C15H19ClN2O3/c16-12-5-2-11(3-6-12)4-7-13(19)18-9-1-8-15(21,10-18)14(17)20/h2-3,5-6,21H,1,4,7-10H2,(H2,17,20)/t15-/m1/s1. The zero-order valence-corrected chi connectivity index (χ0v) is 12.5. The highest BCUT2D eigenvalue weighted by atomic mass is 35.5. The molecule has 0 unspecified atom stereocenters. The monoisotopic (exact) mass is 310 g/mol. The van der Waals surface area contributed by atoms with Gasteiger partial charge in [-0.3, -0.25) is 9.59 Å². The number of carbonyl (C=O) groups is 2. The van der Waals surface area contributed by atoms with E-state index in [-0.39, 0.29) is 12.5 Å². The van der Waals surface area contributed by atoms with E-state index in [0.717, 1.165) is 5.56 Å². The van der Waals surface area contributed by atoms with E-state index in [9.17, 15) is 14.7 Å². The summed E-state index contributed by atoms with van der Waals surface area (Å²) in [5.74, 6) is -0.845. The SMILES string of the molecule is NC(=O)[C@@]1(O)CCCN(C(=O)CCc2ccc(Cl)cc2)C1. The van der Waals surface area contributed by atoms with Gasteiger partial charge in [0.05, 0.1) is 6.54 Å². The largest absolute Gasteiger partial charge is 0.378 e. The summed E-state index contributed by atoms with van der Waals surface area (Å²) in [6, 6.07) is 7.33. The Bertz CT molecular complexity index is 532. The highest BCUT2D eigenvalue weighted by Crippen LogP contribution is 2.21. The van der Waals surface area contributed by atoms with Gasteiger partial charge in [-0.2, -0.15) is 0 Å². The molecule has 6 heteroatoms. The third-order valence-electron chi connectivity index (χ3n) is 3.82. The Balaban J connectivity index is 1.91. The number of hydrogen-bond donors (Lipinski definition) is 2. The molecular formula is C15H19ClN2O3. The average molecular weight is 311 g/mol. The lowest BCUT2D eigenvalue weighted by molar-refractivity contribution is -0.148. The Labute approximate surface area is 128 Å². The number of aliphatic hydroxyl groups is 1. The number of β-amino-alcohol motifs (C(OH)–C–C–N with tert-alkyl or cyclic N) is 1. The van der Waals surface area contributed by atoms with Crippen LogP contribution in [0.5, 0.6) is 0 Å². The maximum atomic E-state index is 12.2. The number of aryl methyl sites for hydroxylation is 1. The van der Waals surface area contributed by atoms with Crippen molar-refractivity contribution in [1.29, 1.82) is 0 Å². The van der Waals surface area contributed by atoms with Gasteiger partial charge in [-0.05, 0) is 37.0 Å². The van der Waals surface area contributed by atoms with Crippen molar-refractivity contribution in [3.05, 3.63) is 34.9 Å². The second-order valence-corrected chi connectivity index (χ2v) is 5.88. The van der Waals surface area contributed by atoms with Crippen LogP contribution in [-0.4, -0.2) is 40.5 Å². The minimum atomic E-state index is -1.59. The fraction of sp³-hybridized carbons (Fsp3) is 0.467. The Morgan fingerprint density at radius 3 is 2.62 bits per heavy atom. The van der Waals surface area contributed by atoms with Crippen molar-refractivity contribution in [3.63, 3.8) is 0 Å². The van der Waals surface area contributed by atoms with Gasteiger partial charge in [-0.25, -0.2) is 0 Å². The van der Waals surface area contributed by atoms with E-state index >= 15 is 0 Å². The van der Waals surface area contributed by atoms with Crippen molar-refractivity contribution in [2.24, 2.45) is 5.73 Å². The van der Waals surface area contributed by atoms with Crippen LogP contribution in [-0.2, 0) is 16.0 Å². The highest BCUT2D eigenvalue weighted by Gasteiger charge is 2.39. The Morgan fingerprint density at radius 1 is 1.33 bits per heavy atom. The quantitative estimate of drug-likeness (QED) is 0.874. The van der Waals surface area contributed by atoms with E-state index in [0.29, 0.717) is 37.3 Å². The van der Waals surface area contributed by atoms with Crippen LogP contribution in [0.25, 0.3) is 0 Å². The van der Waals surface area contributed by atoms with Gasteiger partial charge in [0, 0.05) is 18.0 Å². The third kappa shape index (κ3) is 3.95. The number of benzene rings is 1. The van der Waals surface area contributed by atoms with Crippen LogP contribution in [0.4, 0.5) is 0 Å². The molecule has 2 amide bonds. The fourth-order valence-electron chi connectivity index (χ4n) is 2.51. The van der Waals surface area contributed by atoms with Crippen molar-refractivity contribution in [3.8, 4) is 0 Å². The number of piperidine rings is 1. The third-order valence-corrected chi connectivity index (χ3v) is 4.07. The zero-order valence-electron chi connectivity index (χ0n) is 11.7. The smallest absolute Gasteiger partial charge is 0.251 e. The second-order valence-electron chi connectivity index (χ2n) is 5.44. The first kappa shape index (κ1) is 15.8. The molecule has 114 valence electrons. The van der Waals surface area contributed by atoms with Gasteiger partial charge in [0.2, 0.25) is 5.91 Å². The second kappa shape index (κ2) is 6.45. The lowest BCUT2D eigenvalue weighted by atomic mass is 9.92. The summed E-state index contributed by atoms with van der Waals surface area (Å²) in [6.45, 7) is 0.539. The highest BCUT2D eigenvalue weighted by molar-refractivity contribution is 6.30. The van der Waals surface area contributed by atoms with E-state index in [1.54, 1.807) is 12.1 Å². The molecule has 0 radical (unpaired) electrons. The molecule has 3 N–H and O–H groups in total. The van der Waals surface area contributed by atoms with Crippen molar-refractivity contribution >= 4 is 23.4 Å². The molecule has 2 rings (SSSR count). The van der Waals surface area contributed by atoms with Gasteiger partial charge in [-0.1, -0.05) is 23.7 Å². The molecule has 1 atom stereocenters. The molecule has 0 aromatic heterocycles. The van der Waals surface area contributed by atoms with Gasteiger partial charge >= 0.3 is 0 Å². The van der Waals surface area contributed by atoms with Crippen LogP contribution < -0.4 is 5.73 Å². The number of hydrogen-bond acceptors (Lipinski definition) is 3. The number of rotatable bonds is 4. The first-order valence-corrected chi connectivity index (χ1v) is 7.33. The number of likely N-dealkylation sites (tertiary alicyclic amines) is 1. The molecule has 1 aromatic carbocycles. The van der Waals surface area contributed by atoms with Crippen molar-refractivity contribution in [2.45, 2.75) is 31.3 Å². The number of carbonyl (C=O) groups excluding carboxylic acids is 2. The molecule has 1 aliphatic heterocycles. The molecule has 5 nitrogen and oxygen atoms in total. The minimum absolute atomic E-state index is 0.0121. The average Bonchev–Trinajstić information content (AvgIpc) is 2.46. The number of nitrogens with two attached hydrogens (primary N) is 1. The van der Waals surface area contributed by atoms with Gasteiger partial charge in [0.1, 0.15) is 0 Å². The van der Waals surface area contributed by atoms with Crippen molar-refractivity contribution in [1.82, 2.24) is 4.90 Å². The minimum Gasteiger partial charge on any atom is -0.378 e. The Hall–Kier alpha value is -1.59. The van der Waals surface area contributed by atoms with Gasteiger partial charge in [0.25, 0.3) is 5.91 Å². The first-order chi connectivity index (χ1) is 9.90. The number of halogens is 1. The summed E-state index contributed by atoms with van der Waals surface area (Å²) in [7, 11) is 0. The fourth-order valence-corrected chi connectivity index (χ4v) is 2.64. The molecular weight excluding hydrogens is 292 g/mol. The van der Waals surface area contributed by atoms with E-state index in [2.05, 4.69) is 0 Å². The Kier molecular flexibility index (Phi) is 4.85. The molecule has 1 fully saturated rings. The summed E-state index contributed by atoms with van der Waals surface area (Å²) >= 11 is 5.81. The van der Waals surface area contributed by atoms with Crippen LogP contribution in [0.3, 0.4) is 0 Å². The normalized spacial score (nSPS) is 22.1. The molecule has 1 heterocycles. The summed E-state index contributed by atoms with van der Waals surface area (Å²) in [5.41, 5.74) is 4.64. The Morgan fingerprint density at radius 2 is 2.00 bits per heavy atom. The molecule has 0 spiro atoms. The van der Waals surface area contributed by atoms with E-state index < -0.39 is 11.5 Å². The molecule has 0 aliphatic carbocycles. The maximum absolute atomic E-state index is 12.2. The molecule has 21 heavy (non-hydrogen) atoms. The van der Waals surface area contributed by atoms with Crippen molar-refractivity contribution in [2.75, 3.05) is 13.1 Å². The summed E-state index contributed by atoms with van der Waals surface area (Å²) < 4.78 is 0. The molecule has 0 bridgehead atoms. The predicted octanol–water partition coefficient (Wildman–Crippen LogP) is 1.11. The van der Waals surface area contributed by atoms with Gasteiger partial charge in [0.15, 0.2) is 5.60 Å². The van der Waals surface area contributed by atoms with Gasteiger partial charge in [-0.15, -0.1) is 0 Å². The van der Waals surface area contributed by atoms with E-state index in [4.69, 9.17) is 17.3 Å². The molecule has 0 saturated carbocycles. The zero-order chi connectivity index (χ0) is 15.5. The lowest BCUT2D eigenvalue weighted by Crippen LogP contribution is -2.57. The summed E-state index contributed by atoms with van der Waals surface area (Å²) in [6.07, 6.45) is 1.81. The number of amides is 2. The van der Waals surface area contributed by atoms with Crippen LogP contribution in [0.1, 0.15) is 24.8 Å². The predicted molar refractivity (Wildman–Crippen MR) is 79.7 cm³/mol. The van der Waals surface area contributed by atoms with Crippen molar-refractivity contribution < 1.29 is 14.7 Å².